The highest BCUT2D eigenvalue weighted by Crippen LogP contribution is 2.19. The van der Waals surface area contributed by atoms with E-state index in [2.05, 4.69) is 5.32 Å². The number of urea groups is 1. The Kier molecular flexibility index (Phi) is 6.21. The van der Waals surface area contributed by atoms with Gasteiger partial charge in [-0.05, 0) is 37.8 Å². The molecule has 1 unspecified atom stereocenters. The van der Waals surface area contributed by atoms with Crippen LogP contribution in [0.2, 0.25) is 0 Å². The van der Waals surface area contributed by atoms with E-state index in [1.165, 1.54) is 0 Å². The number of carboxylic acids is 1. The lowest BCUT2D eigenvalue weighted by Crippen LogP contribution is -2.48. The van der Waals surface area contributed by atoms with Gasteiger partial charge in [0.25, 0.3) is 0 Å². The predicted molar refractivity (Wildman–Crippen MR) is 83.6 cm³/mol. The Bertz CT molecular complexity index is 500. The van der Waals surface area contributed by atoms with Crippen LogP contribution in [0.25, 0.3) is 0 Å². The molecule has 0 saturated heterocycles. The summed E-state index contributed by atoms with van der Waals surface area (Å²) in [4.78, 5) is 25.2. The van der Waals surface area contributed by atoms with Gasteiger partial charge in [-0.2, -0.15) is 0 Å². The second-order valence-corrected chi connectivity index (χ2v) is 5.50. The molecule has 0 aromatic heterocycles. The van der Waals surface area contributed by atoms with Crippen LogP contribution < -0.4 is 10.2 Å². The Morgan fingerprint density at radius 2 is 1.90 bits per heavy atom. The van der Waals surface area contributed by atoms with Crippen molar-refractivity contribution >= 4 is 17.7 Å². The molecule has 0 heterocycles. The van der Waals surface area contributed by atoms with E-state index >= 15 is 0 Å². The lowest BCUT2D eigenvalue weighted by atomic mass is 10.0. The van der Waals surface area contributed by atoms with Crippen molar-refractivity contribution in [3.05, 3.63) is 29.8 Å². The first-order chi connectivity index (χ1) is 9.86. The summed E-state index contributed by atoms with van der Waals surface area (Å²) in [6.07, 6.45) is 0.409. The molecule has 0 aliphatic rings. The molecular formula is C16H24N2O3. The van der Waals surface area contributed by atoms with E-state index in [1.807, 2.05) is 52.0 Å². The number of nitrogens with zero attached hydrogens (tertiary/aromatic N) is 1. The Balaban J connectivity index is 2.88. The Hall–Kier alpha value is -2.04. The van der Waals surface area contributed by atoms with Gasteiger partial charge in [-0.25, -0.2) is 9.59 Å². The summed E-state index contributed by atoms with van der Waals surface area (Å²) >= 11 is 0. The monoisotopic (exact) mass is 292 g/mol. The fourth-order valence-corrected chi connectivity index (χ4v) is 2.21. The number of aliphatic carboxylic acids is 1. The number of nitrogens with one attached hydrogen (secondary N) is 1. The largest absolute Gasteiger partial charge is 0.480 e. The summed E-state index contributed by atoms with van der Waals surface area (Å²) in [6, 6.07) is 6.31. The van der Waals surface area contributed by atoms with Crippen LogP contribution in [0.4, 0.5) is 10.5 Å². The maximum Gasteiger partial charge on any atom is 0.326 e. The number of carbonyl (C=O) groups is 2. The van der Waals surface area contributed by atoms with E-state index < -0.39 is 12.0 Å². The Morgan fingerprint density at radius 1 is 1.29 bits per heavy atom. The smallest absolute Gasteiger partial charge is 0.326 e. The maximum absolute atomic E-state index is 12.4. The molecule has 0 saturated carbocycles. The van der Waals surface area contributed by atoms with Gasteiger partial charge < -0.3 is 10.4 Å². The van der Waals surface area contributed by atoms with Gasteiger partial charge >= 0.3 is 12.0 Å². The van der Waals surface area contributed by atoms with Crippen molar-refractivity contribution in [2.24, 2.45) is 5.92 Å². The van der Waals surface area contributed by atoms with Crippen LogP contribution in [0.15, 0.2) is 24.3 Å². The minimum Gasteiger partial charge on any atom is -0.480 e. The molecule has 0 radical (unpaired) electrons. The number of amides is 2. The van der Waals surface area contributed by atoms with Gasteiger partial charge in [0, 0.05) is 12.2 Å². The Morgan fingerprint density at radius 3 is 2.38 bits per heavy atom. The highest BCUT2D eigenvalue weighted by molar-refractivity contribution is 5.95. The van der Waals surface area contributed by atoms with Crippen LogP contribution >= 0.6 is 0 Å². The molecule has 5 heteroatoms. The predicted octanol–water partition coefficient (Wildman–Crippen LogP) is 3.03. The standard InChI is InChI=1S/C16H24N2O3/c1-5-18(14-9-7-6-8-12(14)4)16(21)17-13(15(19)20)10-11(2)3/h6-9,11,13H,5,10H2,1-4H3,(H,17,21)(H,19,20). The second-order valence-electron chi connectivity index (χ2n) is 5.50. The van der Waals surface area contributed by atoms with Crippen LogP contribution in [-0.4, -0.2) is 29.7 Å². The molecule has 21 heavy (non-hydrogen) atoms. The summed E-state index contributed by atoms with van der Waals surface area (Å²) in [5.41, 5.74) is 1.77. The Labute approximate surface area is 126 Å². The van der Waals surface area contributed by atoms with Gasteiger partial charge in [0.05, 0.1) is 0 Å². The molecule has 2 N–H and O–H groups in total. The topological polar surface area (TPSA) is 69.6 Å². The number of hydrogen-bond acceptors (Lipinski definition) is 2. The number of aryl methyl sites for hydroxylation is 1. The van der Waals surface area contributed by atoms with E-state index in [9.17, 15) is 14.7 Å². The molecule has 0 bridgehead atoms. The van der Waals surface area contributed by atoms with Gasteiger partial charge in [-0.3, -0.25) is 4.90 Å². The maximum atomic E-state index is 12.4. The number of benzene rings is 1. The SMILES string of the molecule is CCN(C(=O)NC(CC(C)C)C(=O)O)c1ccccc1C. The average Bonchev–Trinajstić information content (AvgIpc) is 2.40. The highest BCUT2D eigenvalue weighted by Gasteiger charge is 2.24. The molecule has 1 rings (SSSR count). The third kappa shape index (κ3) is 4.77. The molecule has 0 fully saturated rings. The average molecular weight is 292 g/mol. The van der Waals surface area contributed by atoms with Crippen molar-refractivity contribution < 1.29 is 14.7 Å². The molecule has 1 atom stereocenters. The van der Waals surface area contributed by atoms with Crippen LogP contribution in [0, 0.1) is 12.8 Å². The molecule has 0 spiro atoms. The summed E-state index contributed by atoms with van der Waals surface area (Å²) in [5, 5.41) is 11.8. The van der Waals surface area contributed by atoms with E-state index in [0.29, 0.717) is 13.0 Å². The first-order valence-electron chi connectivity index (χ1n) is 7.23. The quantitative estimate of drug-likeness (QED) is 0.846. The molecule has 2 amide bonds. The zero-order valence-electron chi connectivity index (χ0n) is 13.1. The third-order valence-electron chi connectivity index (χ3n) is 3.27. The number of anilines is 1. The number of para-hydroxylation sites is 1. The van der Waals surface area contributed by atoms with Crippen molar-refractivity contribution in [1.82, 2.24) is 5.32 Å². The number of carbonyl (C=O) groups excluding carboxylic acids is 1. The van der Waals surface area contributed by atoms with Crippen molar-refractivity contribution in [1.29, 1.82) is 0 Å². The third-order valence-corrected chi connectivity index (χ3v) is 3.27. The van der Waals surface area contributed by atoms with Gasteiger partial charge in [-0.1, -0.05) is 32.0 Å². The lowest BCUT2D eigenvalue weighted by Gasteiger charge is -2.26. The minimum atomic E-state index is -1.00. The normalized spacial score (nSPS) is 12.0. The molecule has 1 aromatic rings. The zero-order valence-corrected chi connectivity index (χ0v) is 13.1. The van der Waals surface area contributed by atoms with Gasteiger partial charge in [0.15, 0.2) is 0 Å². The summed E-state index contributed by atoms with van der Waals surface area (Å²) in [7, 11) is 0. The number of rotatable bonds is 6. The first-order valence-corrected chi connectivity index (χ1v) is 7.23. The van der Waals surface area contributed by atoms with Crippen molar-refractivity contribution in [3.63, 3.8) is 0 Å². The van der Waals surface area contributed by atoms with E-state index in [1.54, 1.807) is 4.90 Å². The zero-order chi connectivity index (χ0) is 16.0. The highest BCUT2D eigenvalue weighted by atomic mass is 16.4. The van der Waals surface area contributed by atoms with Crippen LogP contribution in [0.1, 0.15) is 32.8 Å². The van der Waals surface area contributed by atoms with E-state index in [0.717, 1.165) is 11.3 Å². The van der Waals surface area contributed by atoms with Crippen LogP contribution in [0.3, 0.4) is 0 Å². The van der Waals surface area contributed by atoms with Crippen molar-refractivity contribution in [3.8, 4) is 0 Å². The summed E-state index contributed by atoms with van der Waals surface area (Å²) in [6.45, 7) is 8.13. The van der Waals surface area contributed by atoms with Gasteiger partial charge in [-0.15, -0.1) is 0 Å². The van der Waals surface area contributed by atoms with Crippen molar-refractivity contribution in [2.75, 3.05) is 11.4 Å². The van der Waals surface area contributed by atoms with E-state index in [4.69, 9.17) is 0 Å². The first kappa shape index (κ1) is 17.0. The molecule has 0 aliphatic carbocycles. The second kappa shape index (κ2) is 7.67. The molecule has 5 nitrogen and oxygen atoms in total. The van der Waals surface area contributed by atoms with Crippen molar-refractivity contribution in [2.45, 2.75) is 40.2 Å². The lowest BCUT2D eigenvalue weighted by molar-refractivity contribution is -0.139. The fourth-order valence-electron chi connectivity index (χ4n) is 2.21. The molecule has 1 aromatic carbocycles. The van der Waals surface area contributed by atoms with E-state index in [-0.39, 0.29) is 11.9 Å². The van der Waals surface area contributed by atoms with Gasteiger partial charge in [0.1, 0.15) is 6.04 Å². The number of hydrogen-bond donors (Lipinski definition) is 2. The molecule has 0 aliphatic heterocycles. The molecule has 116 valence electrons. The number of carboxylic acid groups (broad SMARTS) is 1. The fraction of sp³-hybridized carbons (Fsp3) is 0.500. The van der Waals surface area contributed by atoms with Crippen LogP contribution in [-0.2, 0) is 4.79 Å². The minimum absolute atomic E-state index is 0.194. The van der Waals surface area contributed by atoms with Gasteiger partial charge in [0.2, 0.25) is 0 Å². The summed E-state index contributed by atoms with van der Waals surface area (Å²) < 4.78 is 0. The van der Waals surface area contributed by atoms with Crippen LogP contribution in [0.5, 0.6) is 0 Å². The summed E-state index contributed by atoms with van der Waals surface area (Å²) in [5.74, 6) is -0.808. The molecular weight excluding hydrogens is 268 g/mol.